The molecule has 0 aliphatic rings. The summed E-state index contributed by atoms with van der Waals surface area (Å²) in [6.07, 6.45) is 0.705. The van der Waals surface area contributed by atoms with Crippen LogP contribution in [0, 0.1) is 6.92 Å². The van der Waals surface area contributed by atoms with Crippen molar-refractivity contribution in [3.05, 3.63) is 29.3 Å². The highest BCUT2D eigenvalue weighted by Crippen LogP contribution is 2.24. The van der Waals surface area contributed by atoms with Gasteiger partial charge in [-0.2, -0.15) is 0 Å². The Balaban J connectivity index is 2.73. The van der Waals surface area contributed by atoms with Crippen molar-refractivity contribution in [3.8, 4) is 5.75 Å². The molecule has 0 bridgehead atoms. The van der Waals surface area contributed by atoms with E-state index in [1.165, 1.54) is 0 Å². The minimum atomic E-state index is -0.498. The first-order chi connectivity index (χ1) is 7.19. The molecule has 3 nitrogen and oxygen atoms in total. The number of hydrogen-bond donors (Lipinski definition) is 2. The molecule has 0 fully saturated rings. The predicted molar refractivity (Wildman–Crippen MR) is 59.0 cm³/mol. The second-order valence-corrected chi connectivity index (χ2v) is 3.61. The van der Waals surface area contributed by atoms with Crippen LogP contribution < -0.4 is 4.74 Å². The van der Waals surface area contributed by atoms with Crippen LogP contribution in [0.5, 0.6) is 5.75 Å². The molecule has 15 heavy (non-hydrogen) atoms. The van der Waals surface area contributed by atoms with Gasteiger partial charge >= 0.3 is 0 Å². The number of benzene rings is 1. The summed E-state index contributed by atoms with van der Waals surface area (Å²) in [6, 6.07) is 5.63. The minimum absolute atomic E-state index is 0.117. The van der Waals surface area contributed by atoms with E-state index in [-0.39, 0.29) is 6.61 Å². The molecule has 1 atom stereocenters. The van der Waals surface area contributed by atoms with Gasteiger partial charge in [-0.3, -0.25) is 0 Å². The summed E-state index contributed by atoms with van der Waals surface area (Å²) in [5.74, 6) is 0.827. The number of aliphatic hydroxyl groups is 2. The van der Waals surface area contributed by atoms with Crippen LogP contribution in [-0.4, -0.2) is 23.9 Å². The Labute approximate surface area is 90.3 Å². The van der Waals surface area contributed by atoms with Crippen LogP contribution in [0.15, 0.2) is 18.2 Å². The van der Waals surface area contributed by atoms with Crippen LogP contribution >= 0.6 is 0 Å². The number of aliphatic hydroxyl groups excluding tert-OH is 2. The van der Waals surface area contributed by atoms with Crippen molar-refractivity contribution in [1.29, 1.82) is 0 Å². The van der Waals surface area contributed by atoms with E-state index in [2.05, 4.69) is 0 Å². The largest absolute Gasteiger partial charge is 0.496 e. The number of rotatable bonds is 5. The van der Waals surface area contributed by atoms with Crippen molar-refractivity contribution in [2.75, 3.05) is 13.7 Å². The fourth-order valence-electron chi connectivity index (χ4n) is 1.56. The molecule has 1 unspecified atom stereocenters. The lowest BCUT2D eigenvalue weighted by Gasteiger charge is -2.12. The van der Waals surface area contributed by atoms with E-state index in [1.807, 2.05) is 25.1 Å². The maximum Gasteiger partial charge on any atom is 0.121 e. The zero-order valence-corrected chi connectivity index (χ0v) is 9.23. The Morgan fingerprint density at radius 3 is 2.67 bits per heavy atom. The van der Waals surface area contributed by atoms with E-state index in [0.717, 1.165) is 16.9 Å². The normalized spacial score (nSPS) is 12.5. The molecule has 2 N–H and O–H groups in total. The Morgan fingerprint density at radius 2 is 2.13 bits per heavy atom. The molecule has 0 spiro atoms. The van der Waals surface area contributed by atoms with Crippen LogP contribution in [0.1, 0.15) is 30.1 Å². The van der Waals surface area contributed by atoms with Gasteiger partial charge in [0.05, 0.1) is 13.2 Å². The quantitative estimate of drug-likeness (QED) is 0.779. The molecule has 0 aliphatic carbocycles. The monoisotopic (exact) mass is 210 g/mol. The molecule has 0 aromatic heterocycles. The summed E-state index contributed by atoms with van der Waals surface area (Å²) >= 11 is 0. The first-order valence-corrected chi connectivity index (χ1v) is 5.12. The van der Waals surface area contributed by atoms with Gasteiger partial charge in [-0.1, -0.05) is 6.07 Å². The van der Waals surface area contributed by atoms with Gasteiger partial charge in [-0.25, -0.2) is 0 Å². The van der Waals surface area contributed by atoms with Gasteiger partial charge in [0.2, 0.25) is 0 Å². The molecule has 0 saturated carbocycles. The first-order valence-electron chi connectivity index (χ1n) is 5.12. The molecule has 1 aromatic rings. The third-order valence-electron chi connectivity index (χ3n) is 2.44. The maximum absolute atomic E-state index is 9.79. The lowest BCUT2D eigenvalue weighted by atomic mass is 10.0. The summed E-state index contributed by atoms with van der Waals surface area (Å²) in [4.78, 5) is 0. The molecule has 84 valence electrons. The van der Waals surface area contributed by atoms with Crippen molar-refractivity contribution >= 4 is 0 Å². The van der Waals surface area contributed by atoms with Crippen molar-refractivity contribution in [2.45, 2.75) is 25.9 Å². The molecule has 0 saturated heterocycles. The smallest absolute Gasteiger partial charge is 0.121 e. The summed E-state index contributed by atoms with van der Waals surface area (Å²) in [5.41, 5.74) is 1.89. The van der Waals surface area contributed by atoms with Gasteiger partial charge in [-0.15, -0.1) is 0 Å². The number of aryl methyl sites for hydroxylation is 1. The number of methoxy groups -OCH3 is 1. The topological polar surface area (TPSA) is 49.7 Å². The fourth-order valence-corrected chi connectivity index (χ4v) is 1.56. The Kier molecular flexibility index (Phi) is 4.59. The van der Waals surface area contributed by atoms with Gasteiger partial charge in [-0.05, 0) is 43.0 Å². The van der Waals surface area contributed by atoms with E-state index < -0.39 is 6.10 Å². The maximum atomic E-state index is 9.79. The molecule has 0 radical (unpaired) electrons. The molecule has 1 aromatic carbocycles. The Bertz CT molecular complexity index is 310. The SMILES string of the molecule is COc1ccc(C(O)CCCO)cc1C. The highest BCUT2D eigenvalue weighted by molar-refractivity contribution is 5.36. The summed E-state index contributed by atoms with van der Waals surface area (Å²) in [5, 5.41) is 18.5. The van der Waals surface area contributed by atoms with Crippen LogP contribution in [0.3, 0.4) is 0 Å². The molecule has 0 amide bonds. The van der Waals surface area contributed by atoms with E-state index in [4.69, 9.17) is 9.84 Å². The van der Waals surface area contributed by atoms with Gasteiger partial charge in [0.1, 0.15) is 5.75 Å². The molecule has 0 aliphatic heterocycles. The minimum Gasteiger partial charge on any atom is -0.496 e. The zero-order valence-electron chi connectivity index (χ0n) is 9.23. The van der Waals surface area contributed by atoms with Crippen LogP contribution in [0.4, 0.5) is 0 Å². The highest BCUT2D eigenvalue weighted by Gasteiger charge is 2.08. The van der Waals surface area contributed by atoms with Crippen LogP contribution in [0.25, 0.3) is 0 Å². The van der Waals surface area contributed by atoms with E-state index in [1.54, 1.807) is 7.11 Å². The van der Waals surface area contributed by atoms with E-state index >= 15 is 0 Å². The zero-order chi connectivity index (χ0) is 11.3. The lowest BCUT2D eigenvalue weighted by molar-refractivity contribution is 0.151. The second kappa shape index (κ2) is 5.73. The average molecular weight is 210 g/mol. The lowest BCUT2D eigenvalue weighted by Crippen LogP contribution is -2.00. The van der Waals surface area contributed by atoms with Crippen molar-refractivity contribution < 1.29 is 14.9 Å². The average Bonchev–Trinajstić information content (AvgIpc) is 2.25. The third kappa shape index (κ3) is 3.22. The van der Waals surface area contributed by atoms with Crippen molar-refractivity contribution in [2.24, 2.45) is 0 Å². The highest BCUT2D eigenvalue weighted by atomic mass is 16.5. The third-order valence-corrected chi connectivity index (χ3v) is 2.44. The summed E-state index contributed by atoms with van der Waals surface area (Å²) in [7, 11) is 1.63. The fraction of sp³-hybridized carbons (Fsp3) is 0.500. The number of ether oxygens (including phenoxy) is 1. The summed E-state index contributed by atoms with van der Waals surface area (Å²) < 4.78 is 5.14. The predicted octanol–water partition coefficient (Wildman–Crippen LogP) is 1.81. The van der Waals surface area contributed by atoms with Gasteiger partial charge < -0.3 is 14.9 Å². The van der Waals surface area contributed by atoms with Gasteiger partial charge in [0.15, 0.2) is 0 Å². The van der Waals surface area contributed by atoms with Gasteiger partial charge in [0.25, 0.3) is 0 Å². The molecular weight excluding hydrogens is 192 g/mol. The Hall–Kier alpha value is -1.06. The van der Waals surface area contributed by atoms with Crippen LogP contribution in [0.2, 0.25) is 0 Å². The van der Waals surface area contributed by atoms with Crippen molar-refractivity contribution in [1.82, 2.24) is 0 Å². The standard InChI is InChI=1S/C12H18O3/c1-9-8-10(5-6-12(9)15-2)11(14)4-3-7-13/h5-6,8,11,13-14H,3-4,7H2,1-2H3. The molecule has 3 heteroatoms. The van der Waals surface area contributed by atoms with E-state index in [9.17, 15) is 5.11 Å². The van der Waals surface area contributed by atoms with Crippen LogP contribution in [-0.2, 0) is 0 Å². The Morgan fingerprint density at radius 1 is 1.40 bits per heavy atom. The summed E-state index contributed by atoms with van der Waals surface area (Å²) in [6.45, 7) is 2.06. The molecule has 0 heterocycles. The molecular formula is C12H18O3. The van der Waals surface area contributed by atoms with Crippen molar-refractivity contribution in [3.63, 3.8) is 0 Å². The second-order valence-electron chi connectivity index (χ2n) is 3.61. The number of hydrogen-bond acceptors (Lipinski definition) is 3. The van der Waals surface area contributed by atoms with E-state index in [0.29, 0.717) is 12.8 Å². The van der Waals surface area contributed by atoms with Gasteiger partial charge in [0, 0.05) is 6.61 Å². The molecule has 1 rings (SSSR count). The first kappa shape index (κ1) is 12.0.